The minimum atomic E-state index is 0.767. The number of nitrogens with zero attached hydrogens (tertiary/aromatic N) is 5. The predicted octanol–water partition coefficient (Wildman–Crippen LogP) is 3.48. The lowest BCUT2D eigenvalue weighted by Crippen LogP contribution is -2.46. The molecule has 2 saturated heterocycles. The number of aryl methyl sites for hydroxylation is 2. The van der Waals surface area contributed by atoms with E-state index in [9.17, 15) is 0 Å². The molecule has 2 fully saturated rings. The fourth-order valence-electron chi connectivity index (χ4n) is 4.89. The number of anilines is 1. The average Bonchev–Trinajstić information content (AvgIpc) is 3.17. The van der Waals surface area contributed by atoms with Gasteiger partial charge in [0.05, 0.1) is 39.4 Å². The topological polar surface area (TPSA) is 63.2 Å². The van der Waals surface area contributed by atoms with Crippen LogP contribution in [0.1, 0.15) is 21.8 Å². The summed E-state index contributed by atoms with van der Waals surface area (Å²) in [6, 6.07) is 6.19. The summed E-state index contributed by atoms with van der Waals surface area (Å²) < 4.78 is 16.4. The van der Waals surface area contributed by atoms with Gasteiger partial charge >= 0.3 is 0 Å². The van der Waals surface area contributed by atoms with Gasteiger partial charge in [0, 0.05) is 50.7 Å². The number of thiophene rings is 1. The summed E-state index contributed by atoms with van der Waals surface area (Å²) in [5.41, 5.74) is 2.54. The first-order valence-corrected chi connectivity index (χ1v) is 13.1. The van der Waals surface area contributed by atoms with Crippen molar-refractivity contribution < 1.29 is 14.2 Å². The second-order valence-corrected chi connectivity index (χ2v) is 10.5. The number of rotatable bonds is 7. The van der Waals surface area contributed by atoms with Crippen LogP contribution in [-0.2, 0) is 17.8 Å². The molecule has 188 valence electrons. The average molecular weight is 498 g/mol. The van der Waals surface area contributed by atoms with E-state index in [4.69, 9.17) is 24.2 Å². The highest BCUT2D eigenvalue weighted by Crippen LogP contribution is 2.36. The molecule has 0 atom stereocenters. The van der Waals surface area contributed by atoms with Crippen LogP contribution in [0.25, 0.3) is 10.2 Å². The fourth-order valence-corrected chi connectivity index (χ4v) is 5.93. The highest BCUT2D eigenvalue weighted by molar-refractivity contribution is 7.18. The minimum Gasteiger partial charge on any atom is -0.493 e. The zero-order valence-corrected chi connectivity index (χ0v) is 22.0. The minimum absolute atomic E-state index is 0.767. The van der Waals surface area contributed by atoms with Crippen LogP contribution in [0.5, 0.6) is 11.5 Å². The molecule has 2 aromatic heterocycles. The van der Waals surface area contributed by atoms with E-state index >= 15 is 0 Å². The summed E-state index contributed by atoms with van der Waals surface area (Å²) in [4.78, 5) is 19.9. The third-order valence-electron chi connectivity index (χ3n) is 7.05. The molecule has 2 aliphatic heterocycles. The molecule has 9 heteroatoms. The number of methoxy groups -OCH3 is 2. The second-order valence-electron chi connectivity index (χ2n) is 9.27. The molecule has 0 aliphatic carbocycles. The van der Waals surface area contributed by atoms with E-state index in [-0.39, 0.29) is 0 Å². The van der Waals surface area contributed by atoms with Crippen LogP contribution < -0.4 is 14.4 Å². The molecule has 4 heterocycles. The van der Waals surface area contributed by atoms with Crippen molar-refractivity contribution in [3.05, 3.63) is 40.0 Å². The summed E-state index contributed by atoms with van der Waals surface area (Å²) in [7, 11) is 3.36. The highest BCUT2D eigenvalue weighted by Gasteiger charge is 2.24. The maximum Gasteiger partial charge on any atom is 0.161 e. The highest BCUT2D eigenvalue weighted by atomic mass is 32.1. The summed E-state index contributed by atoms with van der Waals surface area (Å²) >= 11 is 1.79. The van der Waals surface area contributed by atoms with Crippen LogP contribution in [0, 0.1) is 13.8 Å². The Morgan fingerprint density at radius 1 is 0.886 bits per heavy atom. The number of fused-ring (bicyclic) bond motifs is 1. The molecule has 0 N–H and O–H groups in total. The first-order chi connectivity index (χ1) is 17.1. The lowest BCUT2D eigenvalue weighted by Gasteiger charge is -2.36. The number of ether oxygens (including phenoxy) is 3. The molecule has 0 unspecified atom stereocenters. The van der Waals surface area contributed by atoms with Crippen molar-refractivity contribution in [2.75, 3.05) is 71.6 Å². The first-order valence-electron chi connectivity index (χ1n) is 12.3. The van der Waals surface area contributed by atoms with Gasteiger partial charge in [0.2, 0.25) is 0 Å². The van der Waals surface area contributed by atoms with E-state index < -0.39 is 0 Å². The molecular weight excluding hydrogens is 462 g/mol. The molecule has 3 aromatic rings. The molecule has 0 saturated carbocycles. The normalized spacial score (nSPS) is 17.8. The van der Waals surface area contributed by atoms with E-state index in [0.717, 1.165) is 93.5 Å². The van der Waals surface area contributed by atoms with E-state index in [2.05, 4.69) is 40.7 Å². The van der Waals surface area contributed by atoms with Crippen molar-refractivity contribution in [2.45, 2.75) is 26.9 Å². The molecule has 0 spiro atoms. The molecule has 0 radical (unpaired) electrons. The van der Waals surface area contributed by atoms with Crippen LogP contribution in [0.2, 0.25) is 0 Å². The van der Waals surface area contributed by atoms with Crippen LogP contribution in [-0.4, -0.2) is 86.5 Å². The van der Waals surface area contributed by atoms with Gasteiger partial charge in [-0.1, -0.05) is 6.07 Å². The number of aromatic nitrogens is 2. The largest absolute Gasteiger partial charge is 0.493 e. The third kappa shape index (κ3) is 5.23. The molecule has 0 bridgehead atoms. The van der Waals surface area contributed by atoms with E-state index in [0.29, 0.717) is 0 Å². The van der Waals surface area contributed by atoms with Crippen LogP contribution in [0.4, 0.5) is 5.82 Å². The van der Waals surface area contributed by atoms with Gasteiger partial charge in [0.1, 0.15) is 16.5 Å². The molecule has 5 rings (SSSR count). The molecule has 0 amide bonds. The fraction of sp³-hybridized carbons (Fsp3) is 0.538. The SMILES string of the molecule is COc1ccc(CN2CCN(c3nc(CN4CCOCC4)nc4sc(C)c(C)c34)CC2)cc1OC. The summed E-state index contributed by atoms with van der Waals surface area (Å²) in [6.07, 6.45) is 0. The van der Waals surface area contributed by atoms with Crippen molar-refractivity contribution >= 4 is 27.4 Å². The van der Waals surface area contributed by atoms with Crippen LogP contribution in [0.15, 0.2) is 18.2 Å². The van der Waals surface area contributed by atoms with E-state index in [1.54, 1.807) is 25.6 Å². The standard InChI is InChI=1S/C26H35N5O3S/c1-18-19(2)35-26-24(18)25(27-23(28-26)17-30-11-13-34-14-12-30)31-9-7-29(8-10-31)16-20-5-6-21(32-3)22(15-20)33-4/h5-6,15H,7-14,16-17H2,1-4H3. The van der Waals surface area contributed by atoms with Crippen LogP contribution >= 0.6 is 11.3 Å². The zero-order valence-electron chi connectivity index (χ0n) is 21.2. The Morgan fingerprint density at radius 3 is 2.31 bits per heavy atom. The van der Waals surface area contributed by atoms with Crippen molar-refractivity contribution in [3.63, 3.8) is 0 Å². The number of hydrogen-bond acceptors (Lipinski definition) is 9. The van der Waals surface area contributed by atoms with Crippen molar-refractivity contribution in [1.29, 1.82) is 0 Å². The molecule has 35 heavy (non-hydrogen) atoms. The smallest absolute Gasteiger partial charge is 0.161 e. The van der Waals surface area contributed by atoms with Gasteiger partial charge in [0.15, 0.2) is 11.5 Å². The molecule has 8 nitrogen and oxygen atoms in total. The van der Waals surface area contributed by atoms with Crippen molar-refractivity contribution in [1.82, 2.24) is 19.8 Å². The number of benzene rings is 1. The summed E-state index contributed by atoms with van der Waals surface area (Å²) in [5, 5.41) is 1.23. The zero-order chi connectivity index (χ0) is 24.4. The quantitative estimate of drug-likeness (QED) is 0.492. The van der Waals surface area contributed by atoms with Crippen molar-refractivity contribution in [2.24, 2.45) is 0 Å². The maximum absolute atomic E-state index is 5.52. The Kier molecular flexibility index (Phi) is 7.38. The van der Waals surface area contributed by atoms with Gasteiger partial charge in [0.25, 0.3) is 0 Å². The second kappa shape index (κ2) is 10.7. The number of piperazine rings is 1. The Balaban J connectivity index is 1.32. The van der Waals surface area contributed by atoms with Crippen molar-refractivity contribution in [3.8, 4) is 11.5 Å². The van der Waals surface area contributed by atoms with Crippen LogP contribution in [0.3, 0.4) is 0 Å². The van der Waals surface area contributed by atoms with Gasteiger partial charge in [-0.2, -0.15) is 0 Å². The van der Waals surface area contributed by atoms with Gasteiger partial charge < -0.3 is 19.1 Å². The number of hydrogen-bond donors (Lipinski definition) is 0. The summed E-state index contributed by atoms with van der Waals surface area (Å²) in [6.45, 7) is 13.4. The Bertz CT molecular complexity index is 1170. The lowest BCUT2D eigenvalue weighted by atomic mass is 10.1. The van der Waals surface area contributed by atoms with Gasteiger partial charge in [-0.25, -0.2) is 9.97 Å². The van der Waals surface area contributed by atoms with Gasteiger partial charge in [-0.15, -0.1) is 11.3 Å². The molecular formula is C26H35N5O3S. The maximum atomic E-state index is 5.52. The summed E-state index contributed by atoms with van der Waals surface area (Å²) in [5.74, 6) is 3.57. The van der Waals surface area contributed by atoms with E-state index in [1.807, 2.05) is 6.07 Å². The molecule has 2 aliphatic rings. The van der Waals surface area contributed by atoms with Gasteiger partial charge in [-0.05, 0) is 37.1 Å². The monoisotopic (exact) mass is 497 g/mol. The van der Waals surface area contributed by atoms with E-state index in [1.165, 1.54) is 21.4 Å². The van der Waals surface area contributed by atoms with Gasteiger partial charge in [-0.3, -0.25) is 9.80 Å². The molecule has 1 aromatic carbocycles. The Morgan fingerprint density at radius 2 is 1.60 bits per heavy atom. The third-order valence-corrected chi connectivity index (χ3v) is 8.15. The Hall–Kier alpha value is -2.46. The lowest BCUT2D eigenvalue weighted by molar-refractivity contribution is 0.0331. The predicted molar refractivity (Wildman–Crippen MR) is 140 cm³/mol. The first kappa shape index (κ1) is 24.2. The number of morpholine rings is 1. The Labute approximate surface area is 211 Å².